The molecule has 0 fully saturated rings. The van der Waals surface area contributed by atoms with Gasteiger partial charge in [-0.3, -0.25) is 0 Å². The van der Waals surface area contributed by atoms with Crippen molar-refractivity contribution in [2.24, 2.45) is 0 Å². The van der Waals surface area contributed by atoms with E-state index in [-0.39, 0.29) is 0 Å². The quantitative estimate of drug-likeness (QED) is 0.160. The van der Waals surface area contributed by atoms with Gasteiger partial charge in [0.25, 0.3) is 0 Å². The molecule has 3 aromatic heterocycles. The molecule has 4 nitrogen and oxygen atoms in total. The average molecular weight is 897 g/mol. The van der Waals surface area contributed by atoms with Crippen molar-refractivity contribution >= 4 is 53.3 Å². The van der Waals surface area contributed by atoms with Crippen molar-refractivity contribution in [2.75, 3.05) is 0 Å². The highest BCUT2D eigenvalue weighted by Crippen LogP contribution is 2.58. The molecule has 0 bridgehead atoms. The number of hydrogen-bond acceptors (Lipinski definition) is 4. The molecule has 0 saturated carbocycles. The molecule has 0 saturated heterocycles. The van der Waals surface area contributed by atoms with E-state index >= 15 is 0 Å². The number of rotatable bonds is 7. The van der Waals surface area contributed by atoms with Gasteiger partial charge in [-0.15, -0.1) is 11.3 Å². The number of para-hydroxylation sites is 2. The van der Waals surface area contributed by atoms with Crippen LogP contribution in [0.2, 0.25) is 0 Å². The van der Waals surface area contributed by atoms with Gasteiger partial charge in [-0.2, -0.15) is 0 Å². The van der Waals surface area contributed by atoms with Crippen LogP contribution in [0.1, 0.15) is 22.3 Å². The minimum Gasteiger partial charge on any atom is -0.309 e. The molecule has 10 aromatic carbocycles. The van der Waals surface area contributed by atoms with Crippen molar-refractivity contribution in [3.05, 3.63) is 265 Å². The molecule has 13 aromatic rings. The number of hydrogen-bond donors (Lipinski definition) is 0. The van der Waals surface area contributed by atoms with Crippen molar-refractivity contribution in [1.29, 1.82) is 0 Å². The Bertz CT molecular complexity index is 4040. The number of benzene rings is 10. The van der Waals surface area contributed by atoms with Crippen molar-refractivity contribution in [3.8, 4) is 62.1 Å². The Morgan fingerprint density at radius 1 is 0.333 bits per heavy atom. The zero-order valence-electron chi connectivity index (χ0n) is 37.3. The first kappa shape index (κ1) is 39.4. The third-order valence-corrected chi connectivity index (χ3v) is 15.4. The zero-order valence-corrected chi connectivity index (χ0v) is 38.1. The van der Waals surface area contributed by atoms with E-state index in [1.165, 1.54) is 65.1 Å². The molecule has 69 heavy (non-hydrogen) atoms. The molecule has 14 rings (SSSR count). The topological polar surface area (TPSA) is 43.6 Å². The van der Waals surface area contributed by atoms with Crippen molar-refractivity contribution < 1.29 is 0 Å². The summed E-state index contributed by atoms with van der Waals surface area (Å²) >= 11 is 1.79. The average Bonchev–Trinajstić information content (AvgIpc) is 4.08. The first-order valence-corrected chi connectivity index (χ1v) is 24.3. The first-order valence-electron chi connectivity index (χ1n) is 23.4. The van der Waals surface area contributed by atoms with Crippen LogP contribution in [-0.2, 0) is 5.41 Å². The Hall–Kier alpha value is -8.77. The van der Waals surface area contributed by atoms with Crippen LogP contribution in [0.5, 0.6) is 0 Å². The SMILES string of the molecule is c1ccc(C2(c3ccccc3)c3ccccc3-c3c(-c4nc(-c5ccccc5-c5ccc(-n6c7ccccc7c7ccccc76)cc5)nc(-c5cccc6c5sc5ccccc56)n4)cccc32)cc1. The van der Waals surface area contributed by atoms with Gasteiger partial charge in [-0.05, 0) is 80.9 Å². The van der Waals surface area contributed by atoms with Crippen LogP contribution in [0.4, 0.5) is 0 Å². The molecule has 0 N–H and O–H groups in total. The molecule has 1 aliphatic rings. The van der Waals surface area contributed by atoms with Gasteiger partial charge in [0, 0.05) is 53.3 Å². The van der Waals surface area contributed by atoms with E-state index in [2.05, 4.69) is 247 Å². The summed E-state index contributed by atoms with van der Waals surface area (Å²) in [6, 6.07) is 87.4. The molecule has 0 atom stereocenters. The molecular weight excluding hydrogens is 857 g/mol. The molecule has 1 aliphatic carbocycles. The molecular formula is C64H40N4S. The highest BCUT2D eigenvalue weighted by atomic mass is 32.1. The summed E-state index contributed by atoms with van der Waals surface area (Å²) in [6.45, 7) is 0. The van der Waals surface area contributed by atoms with Gasteiger partial charge in [0.05, 0.1) is 16.4 Å². The summed E-state index contributed by atoms with van der Waals surface area (Å²) < 4.78 is 4.76. The molecule has 0 amide bonds. The maximum Gasteiger partial charge on any atom is 0.165 e. The highest BCUT2D eigenvalue weighted by molar-refractivity contribution is 7.26. The van der Waals surface area contributed by atoms with Crippen molar-refractivity contribution in [2.45, 2.75) is 5.41 Å². The highest BCUT2D eigenvalue weighted by Gasteiger charge is 2.47. The molecule has 322 valence electrons. The van der Waals surface area contributed by atoms with Crippen LogP contribution in [0.15, 0.2) is 243 Å². The first-order chi connectivity index (χ1) is 34.2. The second-order valence-electron chi connectivity index (χ2n) is 17.8. The molecule has 0 unspecified atom stereocenters. The normalized spacial score (nSPS) is 12.8. The van der Waals surface area contributed by atoms with Crippen LogP contribution in [-0.4, -0.2) is 19.5 Å². The Balaban J connectivity index is 0.995. The van der Waals surface area contributed by atoms with E-state index in [0.29, 0.717) is 17.5 Å². The van der Waals surface area contributed by atoms with Crippen LogP contribution in [0, 0.1) is 0 Å². The fraction of sp³-hybridized carbons (Fsp3) is 0.0156. The van der Waals surface area contributed by atoms with Crippen LogP contribution >= 0.6 is 11.3 Å². The lowest BCUT2D eigenvalue weighted by Gasteiger charge is -2.33. The minimum atomic E-state index is -0.566. The van der Waals surface area contributed by atoms with Crippen LogP contribution in [0.3, 0.4) is 0 Å². The Labute approximate surface area is 403 Å². The summed E-state index contributed by atoms with van der Waals surface area (Å²) in [7, 11) is 0. The number of aromatic nitrogens is 4. The lowest BCUT2D eigenvalue weighted by atomic mass is 9.67. The van der Waals surface area contributed by atoms with Gasteiger partial charge in [0.15, 0.2) is 17.5 Å². The molecule has 0 aliphatic heterocycles. The number of nitrogens with zero attached hydrogens (tertiary/aromatic N) is 4. The van der Waals surface area contributed by atoms with Gasteiger partial charge in [0.1, 0.15) is 0 Å². The van der Waals surface area contributed by atoms with E-state index in [9.17, 15) is 0 Å². The fourth-order valence-corrected chi connectivity index (χ4v) is 12.5. The number of thiophene rings is 1. The van der Waals surface area contributed by atoms with Crippen molar-refractivity contribution in [3.63, 3.8) is 0 Å². The largest absolute Gasteiger partial charge is 0.309 e. The fourth-order valence-electron chi connectivity index (χ4n) is 11.3. The number of fused-ring (bicyclic) bond motifs is 9. The maximum atomic E-state index is 5.56. The van der Waals surface area contributed by atoms with Gasteiger partial charge in [-0.1, -0.05) is 206 Å². The van der Waals surface area contributed by atoms with Gasteiger partial charge < -0.3 is 4.57 Å². The smallest absolute Gasteiger partial charge is 0.165 e. The predicted octanol–water partition coefficient (Wildman–Crippen LogP) is 16.4. The van der Waals surface area contributed by atoms with Gasteiger partial charge >= 0.3 is 0 Å². The summed E-state index contributed by atoms with van der Waals surface area (Å²) in [6.07, 6.45) is 0. The third kappa shape index (κ3) is 5.97. The van der Waals surface area contributed by atoms with Gasteiger partial charge in [-0.25, -0.2) is 15.0 Å². The molecule has 0 radical (unpaired) electrons. The van der Waals surface area contributed by atoms with Gasteiger partial charge in [0.2, 0.25) is 0 Å². The summed E-state index contributed by atoms with van der Waals surface area (Å²) in [5, 5.41) is 4.92. The Morgan fingerprint density at radius 2 is 0.812 bits per heavy atom. The standard InChI is InChI=1S/C64H40N4S/c1-3-19-42(20-4-1)64(43-21-5-2-6-22-43)54-32-13-9-28-51(54)59-52(30-18-33-55(59)64)62-65-61(66-63(67-62)53-31-17-29-49-48-26-12-16-36-58(48)69-60(49)53)50-27-8-7-23-45(50)41-37-39-44(40-38-41)68-56-34-14-10-24-46(56)47-25-11-15-35-57(47)68/h1-40H. The summed E-state index contributed by atoms with van der Waals surface area (Å²) in [5.74, 6) is 1.90. The second kappa shape index (κ2) is 15.7. The summed E-state index contributed by atoms with van der Waals surface area (Å²) in [5.41, 5.74) is 15.1. The summed E-state index contributed by atoms with van der Waals surface area (Å²) in [4.78, 5) is 16.6. The molecule has 5 heteroatoms. The van der Waals surface area contributed by atoms with Crippen LogP contribution in [0.25, 0.3) is 104 Å². The van der Waals surface area contributed by atoms with Crippen LogP contribution < -0.4 is 0 Å². The monoisotopic (exact) mass is 896 g/mol. The maximum absolute atomic E-state index is 5.56. The lowest BCUT2D eigenvalue weighted by Crippen LogP contribution is -2.28. The van der Waals surface area contributed by atoms with E-state index in [4.69, 9.17) is 15.0 Å². The molecule has 0 spiro atoms. The third-order valence-electron chi connectivity index (χ3n) is 14.2. The van der Waals surface area contributed by atoms with E-state index in [0.717, 1.165) is 43.8 Å². The van der Waals surface area contributed by atoms with E-state index < -0.39 is 5.41 Å². The lowest BCUT2D eigenvalue weighted by molar-refractivity contribution is 0.768. The van der Waals surface area contributed by atoms with E-state index in [1.54, 1.807) is 11.3 Å². The Morgan fingerprint density at radius 3 is 1.51 bits per heavy atom. The van der Waals surface area contributed by atoms with E-state index in [1.807, 2.05) is 0 Å². The zero-order chi connectivity index (χ0) is 45.5. The Kier molecular flexibility index (Phi) is 8.95. The minimum absolute atomic E-state index is 0.566. The van der Waals surface area contributed by atoms with Crippen molar-refractivity contribution in [1.82, 2.24) is 19.5 Å². The second-order valence-corrected chi connectivity index (χ2v) is 18.9. The predicted molar refractivity (Wildman–Crippen MR) is 286 cm³/mol. The molecule has 3 heterocycles.